The molecule has 0 radical (unpaired) electrons. The number of carboxylic acid groups (broad SMARTS) is 2. The molecule has 14 heavy (non-hydrogen) atoms. The van der Waals surface area contributed by atoms with E-state index in [2.05, 4.69) is 0 Å². The predicted molar refractivity (Wildman–Crippen MR) is 53.2 cm³/mol. The minimum Gasteiger partial charge on any atom is -0.480 e. The van der Waals surface area contributed by atoms with Crippen molar-refractivity contribution in [1.29, 1.82) is 0 Å². The van der Waals surface area contributed by atoms with Gasteiger partial charge in [0.15, 0.2) is 0 Å². The van der Waals surface area contributed by atoms with Crippen molar-refractivity contribution in [3.63, 3.8) is 0 Å². The lowest BCUT2D eigenvalue weighted by atomic mass is 10.2. The monoisotopic (exact) mass is 222 g/mol. The van der Waals surface area contributed by atoms with E-state index >= 15 is 0 Å². The summed E-state index contributed by atoms with van der Waals surface area (Å²) in [6, 6.07) is -1.79. The molecule has 0 unspecified atom stereocenters. The highest BCUT2D eigenvalue weighted by atomic mass is 32.2. The van der Waals surface area contributed by atoms with Gasteiger partial charge in [0.1, 0.15) is 12.1 Å². The summed E-state index contributed by atoms with van der Waals surface area (Å²) in [5.41, 5.74) is 10.5. The Morgan fingerprint density at radius 3 is 2.07 bits per heavy atom. The zero-order valence-electron chi connectivity index (χ0n) is 7.55. The fourth-order valence-corrected chi connectivity index (χ4v) is 1.60. The summed E-state index contributed by atoms with van der Waals surface area (Å²) in [4.78, 5) is 20.6. The number of hydrogen-bond donors (Lipinski definition) is 4. The van der Waals surface area contributed by atoms with Crippen LogP contribution in [0.4, 0.5) is 0 Å². The fourth-order valence-electron chi connectivity index (χ4n) is 0.615. The summed E-state index contributed by atoms with van der Waals surface area (Å²) in [6.45, 7) is 0. The van der Waals surface area contributed by atoms with Gasteiger partial charge in [0.25, 0.3) is 0 Å². The molecule has 6 N–H and O–H groups in total. The normalized spacial score (nSPS) is 14.7. The topological polar surface area (TPSA) is 127 Å². The van der Waals surface area contributed by atoms with Crippen molar-refractivity contribution in [2.45, 2.75) is 18.5 Å². The summed E-state index contributed by atoms with van der Waals surface area (Å²) in [6.07, 6.45) is 0.312. The third kappa shape index (κ3) is 5.79. The molecule has 0 saturated carbocycles. The average molecular weight is 222 g/mol. The smallest absolute Gasteiger partial charge is 0.321 e. The second-order valence-electron chi connectivity index (χ2n) is 2.75. The molecule has 6 nitrogen and oxygen atoms in total. The number of nitrogens with two attached hydrogens (primary N) is 2. The number of aliphatic carboxylic acids is 2. The summed E-state index contributed by atoms with van der Waals surface area (Å²) in [5, 5.41) is 16.8. The average Bonchev–Trinajstić information content (AvgIpc) is 2.11. The SMILES string of the molecule is N[C@H](CSCC[C@H](N)C(=O)O)C(=O)O. The van der Waals surface area contributed by atoms with Gasteiger partial charge in [-0.15, -0.1) is 0 Å². The maximum absolute atomic E-state index is 10.3. The molecule has 0 amide bonds. The van der Waals surface area contributed by atoms with Crippen molar-refractivity contribution < 1.29 is 19.8 Å². The molecule has 0 saturated heterocycles. The highest BCUT2D eigenvalue weighted by Crippen LogP contribution is 2.05. The van der Waals surface area contributed by atoms with Crippen molar-refractivity contribution >= 4 is 23.7 Å². The number of carboxylic acids is 2. The lowest BCUT2D eigenvalue weighted by Gasteiger charge is -2.07. The Morgan fingerprint density at radius 2 is 1.64 bits per heavy atom. The molecule has 0 aliphatic carbocycles. The third-order valence-corrected chi connectivity index (χ3v) is 2.62. The van der Waals surface area contributed by atoms with Gasteiger partial charge in [0.2, 0.25) is 0 Å². The number of thioether (sulfide) groups is 1. The molecule has 0 aromatic rings. The largest absolute Gasteiger partial charge is 0.480 e. The van der Waals surface area contributed by atoms with E-state index in [0.717, 1.165) is 0 Å². The minimum absolute atomic E-state index is 0.266. The Bertz CT molecular complexity index is 190. The Labute approximate surface area is 85.6 Å². The molecule has 0 fully saturated rings. The summed E-state index contributed by atoms with van der Waals surface area (Å²) >= 11 is 1.29. The van der Waals surface area contributed by atoms with Crippen LogP contribution in [0.5, 0.6) is 0 Å². The molecule has 0 heterocycles. The summed E-state index contributed by atoms with van der Waals surface area (Å²) < 4.78 is 0. The van der Waals surface area contributed by atoms with Gasteiger partial charge >= 0.3 is 11.9 Å². The van der Waals surface area contributed by atoms with Gasteiger partial charge in [-0.2, -0.15) is 11.8 Å². The summed E-state index contributed by atoms with van der Waals surface area (Å²) in [5.74, 6) is -1.34. The van der Waals surface area contributed by atoms with Crippen LogP contribution in [0.25, 0.3) is 0 Å². The van der Waals surface area contributed by atoms with E-state index in [1.54, 1.807) is 0 Å². The molecular weight excluding hydrogens is 208 g/mol. The van der Waals surface area contributed by atoms with Gasteiger partial charge in [-0.3, -0.25) is 9.59 Å². The standard InChI is InChI=1S/C7H14N2O4S/c8-4(6(10)11)1-2-14-3-5(9)7(12)13/h4-5H,1-3,8-9H2,(H,10,11)(H,12,13)/t4-,5+/m0/s1. The highest BCUT2D eigenvalue weighted by Gasteiger charge is 2.13. The van der Waals surface area contributed by atoms with Crippen LogP contribution in [-0.4, -0.2) is 45.7 Å². The van der Waals surface area contributed by atoms with E-state index in [1.807, 2.05) is 0 Å². The zero-order valence-corrected chi connectivity index (χ0v) is 8.37. The molecule has 7 heteroatoms. The van der Waals surface area contributed by atoms with Gasteiger partial charge in [0, 0.05) is 5.75 Å². The lowest BCUT2D eigenvalue weighted by molar-refractivity contribution is -0.139. The summed E-state index contributed by atoms with van der Waals surface area (Å²) in [7, 11) is 0. The van der Waals surface area contributed by atoms with E-state index in [4.69, 9.17) is 21.7 Å². The van der Waals surface area contributed by atoms with Crippen LogP contribution in [0.2, 0.25) is 0 Å². The first-order chi connectivity index (χ1) is 6.45. The maximum atomic E-state index is 10.3. The van der Waals surface area contributed by atoms with Crippen LogP contribution in [-0.2, 0) is 9.59 Å². The van der Waals surface area contributed by atoms with Crippen molar-refractivity contribution in [2.75, 3.05) is 11.5 Å². The van der Waals surface area contributed by atoms with E-state index in [-0.39, 0.29) is 5.75 Å². The van der Waals surface area contributed by atoms with Crippen LogP contribution in [0, 0.1) is 0 Å². The van der Waals surface area contributed by atoms with Crippen LogP contribution < -0.4 is 11.5 Å². The molecule has 0 aliphatic heterocycles. The predicted octanol–water partition coefficient (Wildman–Crippen LogP) is -1.07. The first-order valence-corrected chi connectivity index (χ1v) is 5.15. The van der Waals surface area contributed by atoms with Crippen LogP contribution in [0.3, 0.4) is 0 Å². The van der Waals surface area contributed by atoms with Crippen LogP contribution >= 0.6 is 11.8 Å². The molecule has 0 aromatic carbocycles. The molecule has 0 rings (SSSR count). The van der Waals surface area contributed by atoms with Gasteiger partial charge in [-0.1, -0.05) is 0 Å². The first-order valence-electron chi connectivity index (χ1n) is 3.99. The fraction of sp³-hybridized carbons (Fsp3) is 0.714. The van der Waals surface area contributed by atoms with Crippen molar-refractivity contribution in [3.8, 4) is 0 Å². The quantitative estimate of drug-likeness (QED) is 0.404. The van der Waals surface area contributed by atoms with Gasteiger partial charge in [-0.05, 0) is 12.2 Å². The molecule has 82 valence electrons. The molecule has 0 aromatic heterocycles. The molecule has 0 spiro atoms. The zero-order chi connectivity index (χ0) is 11.1. The van der Waals surface area contributed by atoms with Crippen molar-refractivity contribution in [1.82, 2.24) is 0 Å². The molecule has 0 aliphatic rings. The maximum Gasteiger partial charge on any atom is 0.321 e. The van der Waals surface area contributed by atoms with Gasteiger partial charge < -0.3 is 21.7 Å². The molecular formula is C7H14N2O4S. The van der Waals surface area contributed by atoms with Crippen molar-refractivity contribution in [3.05, 3.63) is 0 Å². The van der Waals surface area contributed by atoms with Crippen molar-refractivity contribution in [2.24, 2.45) is 11.5 Å². The van der Waals surface area contributed by atoms with E-state index in [0.29, 0.717) is 12.2 Å². The van der Waals surface area contributed by atoms with E-state index in [9.17, 15) is 9.59 Å². The van der Waals surface area contributed by atoms with Gasteiger partial charge in [0.05, 0.1) is 0 Å². The Kier molecular flexibility index (Phi) is 6.26. The molecule has 2 atom stereocenters. The Balaban J connectivity index is 3.47. The Hall–Kier alpha value is -0.790. The Morgan fingerprint density at radius 1 is 1.14 bits per heavy atom. The van der Waals surface area contributed by atoms with E-state index in [1.165, 1.54) is 11.8 Å². The first kappa shape index (κ1) is 13.2. The highest BCUT2D eigenvalue weighted by molar-refractivity contribution is 7.99. The minimum atomic E-state index is -1.06. The second kappa shape index (κ2) is 6.63. The van der Waals surface area contributed by atoms with Crippen LogP contribution in [0.15, 0.2) is 0 Å². The van der Waals surface area contributed by atoms with Gasteiger partial charge in [-0.25, -0.2) is 0 Å². The number of carbonyl (C=O) groups is 2. The number of hydrogen-bond acceptors (Lipinski definition) is 5. The van der Waals surface area contributed by atoms with Crippen LogP contribution in [0.1, 0.15) is 6.42 Å². The number of rotatable bonds is 7. The third-order valence-electron chi connectivity index (χ3n) is 1.50. The second-order valence-corrected chi connectivity index (χ2v) is 3.90. The molecule has 0 bridgehead atoms. The lowest BCUT2D eigenvalue weighted by Crippen LogP contribution is -2.33. The van der Waals surface area contributed by atoms with E-state index < -0.39 is 24.0 Å².